The Morgan fingerprint density at radius 3 is 2.38 bits per heavy atom. The molecule has 2 aliphatic rings. The number of nitrogens with one attached hydrogen (secondary N) is 1. The van der Waals surface area contributed by atoms with E-state index in [4.69, 9.17) is 0 Å². The highest BCUT2D eigenvalue weighted by Gasteiger charge is 2.39. The summed E-state index contributed by atoms with van der Waals surface area (Å²) in [6.45, 7) is 9.41. The van der Waals surface area contributed by atoms with E-state index in [1.54, 1.807) is 8.61 Å². The second kappa shape index (κ2) is 7.40. The van der Waals surface area contributed by atoms with Gasteiger partial charge in [0.15, 0.2) is 0 Å². The molecule has 3 atom stereocenters. The van der Waals surface area contributed by atoms with E-state index >= 15 is 0 Å². The predicted octanol–water partition coefficient (Wildman–Crippen LogP) is 1.82. The first kappa shape index (κ1) is 17.2. The lowest BCUT2D eigenvalue weighted by molar-refractivity contribution is 0.174. The Kier molecular flexibility index (Phi) is 6.05. The van der Waals surface area contributed by atoms with E-state index in [9.17, 15) is 8.42 Å². The van der Waals surface area contributed by atoms with Crippen LogP contribution < -0.4 is 5.32 Å². The number of nitrogens with zero attached hydrogens (tertiary/aromatic N) is 2. The Bertz CT molecular complexity index is 417. The van der Waals surface area contributed by atoms with Crippen molar-refractivity contribution in [3.63, 3.8) is 0 Å². The molecule has 0 spiro atoms. The molecule has 0 aliphatic carbocycles. The van der Waals surface area contributed by atoms with Gasteiger partial charge in [0, 0.05) is 25.2 Å². The summed E-state index contributed by atoms with van der Waals surface area (Å²) >= 11 is 0. The standard InChI is InChI=1S/C15H31N3O2S/c1-4-16-11-15-9-6-10-17(12-15)21(19,20)18-13(2)7-5-8-14(18)3/h13-16H,4-12H2,1-3H3. The Morgan fingerprint density at radius 2 is 1.76 bits per heavy atom. The summed E-state index contributed by atoms with van der Waals surface area (Å²) in [5.41, 5.74) is 0. The van der Waals surface area contributed by atoms with Gasteiger partial charge in [-0.2, -0.15) is 17.0 Å². The van der Waals surface area contributed by atoms with Crippen molar-refractivity contribution in [1.82, 2.24) is 13.9 Å². The van der Waals surface area contributed by atoms with Crippen LogP contribution in [0.5, 0.6) is 0 Å². The lowest BCUT2D eigenvalue weighted by Crippen LogP contribution is -2.55. The van der Waals surface area contributed by atoms with E-state index in [1.165, 1.54) is 0 Å². The summed E-state index contributed by atoms with van der Waals surface area (Å²) in [4.78, 5) is 0. The minimum Gasteiger partial charge on any atom is -0.317 e. The van der Waals surface area contributed by atoms with E-state index in [0.29, 0.717) is 19.0 Å². The van der Waals surface area contributed by atoms with Gasteiger partial charge in [0.25, 0.3) is 10.2 Å². The molecule has 21 heavy (non-hydrogen) atoms. The lowest BCUT2D eigenvalue weighted by atomic mass is 10.00. The number of hydrogen-bond acceptors (Lipinski definition) is 3. The molecule has 6 heteroatoms. The summed E-state index contributed by atoms with van der Waals surface area (Å²) in [6.07, 6.45) is 5.21. The fourth-order valence-electron chi connectivity index (χ4n) is 3.74. The highest BCUT2D eigenvalue weighted by Crippen LogP contribution is 2.29. The minimum absolute atomic E-state index is 0.132. The van der Waals surface area contributed by atoms with Gasteiger partial charge >= 0.3 is 0 Å². The minimum atomic E-state index is -3.30. The molecule has 0 aromatic rings. The van der Waals surface area contributed by atoms with Crippen molar-refractivity contribution < 1.29 is 8.42 Å². The first-order valence-electron chi connectivity index (χ1n) is 8.46. The van der Waals surface area contributed by atoms with E-state index in [1.807, 2.05) is 13.8 Å². The molecule has 2 rings (SSSR count). The maximum absolute atomic E-state index is 13.0. The third-order valence-electron chi connectivity index (χ3n) is 4.87. The van der Waals surface area contributed by atoms with Crippen LogP contribution in [0.3, 0.4) is 0 Å². The second-order valence-electron chi connectivity index (χ2n) is 6.64. The van der Waals surface area contributed by atoms with Crippen LogP contribution in [0.2, 0.25) is 0 Å². The van der Waals surface area contributed by atoms with Crippen LogP contribution >= 0.6 is 0 Å². The van der Waals surface area contributed by atoms with Gasteiger partial charge in [-0.1, -0.05) is 13.3 Å². The zero-order valence-corrected chi connectivity index (χ0v) is 14.5. The number of rotatable bonds is 5. The molecule has 124 valence electrons. The number of piperidine rings is 2. The summed E-state index contributed by atoms with van der Waals surface area (Å²) in [7, 11) is -3.30. The first-order chi connectivity index (χ1) is 9.96. The van der Waals surface area contributed by atoms with Gasteiger partial charge in [0.2, 0.25) is 0 Å². The third kappa shape index (κ3) is 3.97. The van der Waals surface area contributed by atoms with Crippen molar-refractivity contribution in [3.05, 3.63) is 0 Å². The summed E-state index contributed by atoms with van der Waals surface area (Å²) in [6, 6.07) is 0.265. The third-order valence-corrected chi connectivity index (χ3v) is 7.11. The van der Waals surface area contributed by atoms with Gasteiger partial charge in [-0.15, -0.1) is 0 Å². The van der Waals surface area contributed by atoms with Crippen molar-refractivity contribution in [2.45, 2.75) is 65.0 Å². The molecule has 2 aliphatic heterocycles. The molecule has 2 saturated heterocycles. The molecule has 5 nitrogen and oxygen atoms in total. The molecule has 0 amide bonds. The summed E-state index contributed by atoms with van der Waals surface area (Å²) in [5.74, 6) is 0.448. The van der Waals surface area contributed by atoms with Gasteiger partial charge in [0.05, 0.1) is 0 Å². The molecule has 3 unspecified atom stereocenters. The van der Waals surface area contributed by atoms with Crippen LogP contribution in [0, 0.1) is 5.92 Å². The van der Waals surface area contributed by atoms with E-state index in [-0.39, 0.29) is 12.1 Å². The van der Waals surface area contributed by atoms with Gasteiger partial charge < -0.3 is 5.32 Å². The Labute approximate surface area is 130 Å². The van der Waals surface area contributed by atoms with Gasteiger partial charge in [-0.05, 0) is 58.5 Å². The molecule has 0 bridgehead atoms. The SMILES string of the molecule is CCNCC1CCCN(S(=O)(=O)N2C(C)CCCC2C)C1. The maximum atomic E-state index is 13.0. The monoisotopic (exact) mass is 317 g/mol. The topological polar surface area (TPSA) is 52.7 Å². The summed E-state index contributed by atoms with van der Waals surface area (Å²) in [5, 5.41) is 3.35. The van der Waals surface area contributed by atoms with Crippen LogP contribution in [-0.4, -0.2) is 55.3 Å². The zero-order chi connectivity index (χ0) is 15.5. The predicted molar refractivity (Wildman–Crippen MR) is 86.4 cm³/mol. The van der Waals surface area contributed by atoms with Crippen molar-refractivity contribution in [1.29, 1.82) is 0 Å². The molecule has 0 aromatic heterocycles. The largest absolute Gasteiger partial charge is 0.317 e. The smallest absolute Gasteiger partial charge is 0.282 e. The highest BCUT2D eigenvalue weighted by molar-refractivity contribution is 7.86. The summed E-state index contributed by atoms with van der Waals surface area (Å²) < 4.78 is 29.5. The second-order valence-corrected chi connectivity index (χ2v) is 8.47. The Hall–Kier alpha value is -0.170. The Morgan fingerprint density at radius 1 is 1.10 bits per heavy atom. The van der Waals surface area contributed by atoms with Gasteiger partial charge in [0.1, 0.15) is 0 Å². The molecular formula is C15H31N3O2S. The maximum Gasteiger partial charge on any atom is 0.282 e. The van der Waals surface area contributed by atoms with E-state index in [0.717, 1.165) is 45.2 Å². The van der Waals surface area contributed by atoms with Crippen LogP contribution in [0.15, 0.2) is 0 Å². The normalized spacial score (nSPS) is 33.2. The first-order valence-corrected chi connectivity index (χ1v) is 9.85. The molecule has 0 saturated carbocycles. The molecule has 2 heterocycles. The molecular weight excluding hydrogens is 286 g/mol. The van der Waals surface area contributed by atoms with E-state index in [2.05, 4.69) is 12.2 Å². The molecule has 0 aromatic carbocycles. The molecule has 0 radical (unpaired) electrons. The highest BCUT2D eigenvalue weighted by atomic mass is 32.2. The van der Waals surface area contributed by atoms with Crippen molar-refractivity contribution in [3.8, 4) is 0 Å². The van der Waals surface area contributed by atoms with E-state index < -0.39 is 10.2 Å². The van der Waals surface area contributed by atoms with Crippen molar-refractivity contribution in [2.75, 3.05) is 26.2 Å². The molecule has 1 N–H and O–H groups in total. The lowest BCUT2D eigenvalue weighted by Gasteiger charge is -2.42. The van der Waals surface area contributed by atoms with Gasteiger partial charge in [-0.3, -0.25) is 0 Å². The van der Waals surface area contributed by atoms with Crippen LogP contribution in [0.1, 0.15) is 52.9 Å². The van der Waals surface area contributed by atoms with Crippen LogP contribution in [0.4, 0.5) is 0 Å². The Balaban J connectivity index is 2.07. The average Bonchev–Trinajstić information content (AvgIpc) is 2.45. The molecule has 2 fully saturated rings. The quantitative estimate of drug-likeness (QED) is 0.841. The fourth-order valence-corrected chi connectivity index (χ4v) is 5.88. The fraction of sp³-hybridized carbons (Fsp3) is 1.00. The zero-order valence-electron chi connectivity index (χ0n) is 13.7. The van der Waals surface area contributed by atoms with Crippen LogP contribution in [0.25, 0.3) is 0 Å². The van der Waals surface area contributed by atoms with Crippen LogP contribution in [-0.2, 0) is 10.2 Å². The van der Waals surface area contributed by atoms with Crippen molar-refractivity contribution >= 4 is 10.2 Å². The average molecular weight is 317 g/mol. The number of hydrogen-bond donors (Lipinski definition) is 1. The van der Waals surface area contributed by atoms with Crippen molar-refractivity contribution in [2.24, 2.45) is 5.92 Å². The van der Waals surface area contributed by atoms with Gasteiger partial charge in [-0.25, -0.2) is 0 Å².